The Labute approximate surface area is 213 Å². The maximum Gasteiger partial charge on any atom is 0.353 e. The number of aromatic carboxylic acids is 1. The van der Waals surface area contributed by atoms with E-state index in [-0.39, 0.29) is 23.0 Å². The number of fused-ring (bicyclic) bond motifs is 4. The first-order valence-electron chi connectivity index (χ1n) is 11.0. The fourth-order valence-electron chi connectivity index (χ4n) is 4.70. The van der Waals surface area contributed by atoms with Gasteiger partial charge >= 0.3 is 5.97 Å². The van der Waals surface area contributed by atoms with E-state index in [0.717, 1.165) is 21.2 Å². The van der Waals surface area contributed by atoms with Gasteiger partial charge in [-0.1, -0.05) is 17.7 Å². The van der Waals surface area contributed by atoms with E-state index in [2.05, 4.69) is 9.97 Å². The van der Waals surface area contributed by atoms with E-state index in [9.17, 15) is 14.7 Å². The molecule has 0 radical (unpaired) electrons. The first-order chi connectivity index (χ1) is 17.5. The third kappa shape index (κ3) is 3.49. The first-order valence-corrected chi connectivity index (χ1v) is 12.6. The van der Waals surface area contributed by atoms with Crippen molar-refractivity contribution < 1.29 is 14.3 Å². The molecule has 2 N–H and O–H groups in total. The van der Waals surface area contributed by atoms with E-state index in [1.807, 2.05) is 42.7 Å². The van der Waals surface area contributed by atoms with Crippen LogP contribution >= 0.6 is 23.4 Å². The van der Waals surface area contributed by atoms with Crippen LogP contribution in [0.4, 0.5) is 0 Å². The van der Waals surface area contributed by atoms with E-state index in [1.165, 1.54) is 6.20 Å². The Morgan fingerprint density at radius 1 is 1.17 bits per heavy atom. The molecule has 2 aromatic carbocycles. The van der Waals surface area contributed by atoms with Crippen molar-refractivity contribution in [2.24, 2.45) is 0 Å². The van der Waals surface area contributed by atoms with E-state index >= 15 is 0 Å². The molecule has 0 amide bonds. The molecule has 7 nitrogen and oxygen atoms in total. The van der Waals surface area contributed by atoms with Gasteiger partial charge in [0.2, 0.25) is 0 Å². The zero-order chi connectivity index (χ0) is 25.0. The quantitative estimate of drug-likeness (QED) is 0.203. The number of halogens is 1. The molecule has 0 aliphatic rings. The highest BCUT2D eigenvalue weighted by Gasteiger charge is 2.28. The summed E-state index contributed by atoms with van der Waals surface area (Å²) in [5.41, 5.74) is 2.68. The van der Waals surface area contributed by atoms with Crippen LogP contribution in [-0.4, -0.2) is 31.9 Å². The molecule has 0 bridgehead atoms. The van der Waals surface area contributed by atoms with Crippen LogP contribution in [0.25, 0.3) is 43.9 Å². The van der Waals surface area contributed by atoms with Gasteiger partial charge in [-0.15, -0.1) is 11.8 Å². The maximum absolute atomic E-state index is 12.8. The molecular formula is C27H18ClN3O4S. The Bertz CT molecular complexity index is 1890. The SMILES string of the molecule is CSc1ccc2cc(Cn3c(C(=O)O)c(-c4ccc[nH]c4=O)c4c5occc5ccc43)c(Cl)nc2c1. The second kappa shape index (κ2) is 8.58. The second-order valence-corrected chi connectivity index (χ2v) is 9.56. The van der Waals surface area contributed by atoms with Gasteiger partial charge in [-0.3, -0.25) is 4.79 Å². The number of aromatic amines is 1. The molecule has 0 saturated carbocycles. The summed E-state index contributed by atoms with van der Waals surface area (Å²) in [5.74, 6) is -1.17. The molecule has 0 aliphatic carbocycles. The number of carboxylic acids is 1. The molecule has 0 atom stereocenters. The number of nitrogens with one attached hydrogen (secondary N) is 1. The van der Waals surface area contributed by atoms with Crippen LogP contribution in [0.1, 0.15) is 16.1 Å². The lowest BCUT2D eigenvalue weighted by Crippen LogP contribution is -2.14. The number of hydrogen-bond acceptors (Lipinski definition) is 5. The fraction of sp³-hybridized carbons (Fsp3) is 0.0741. The lowest BCUT2D eigenvalue weighted by Gasteiger charge is -2.12. The molecular weight excluding hydrogens is 498 g/mol. The zero-order valence-electron chi connectivity index (χ0n) is 18.9. The highest BCUT2D eigenvalue weighted by atomic mass is 35.5. The minimum absolute atomic E-state index is 0.0282. The molecule has 6 aromatic rings. The monoisotopic (exact) mass is 515 g/mol. The van der Waals surface area contributed by atoms with E-state index in [0.29, 0.717) is 27.6 Å². The molecule has 4 aromatic heterocycles. The van der Waals surface area contributed by atoms with Gasteiger partial charge in [0.25, 0.3) is 5.56 Å². The summed E-state index contributed by atoms with van der Waals surface area (Å²) >= 11 is 8.22. The molecule has 178 valence electrons. The van der Waals surface area contributed by atoms with Crippen molar-refractivity contribution in [2.75, 3.05) is 6.26 Å². The van der Waals surface area contributed by atoms with Crippen molar-refractivity contribution in [1.82, 2.24) is 14.5 Å². The van der Waals surface area contributed by atoms with Gasteiger partial charge in [0.15, 0.2) is 0 Å². The van der Waals surface area contributed by atoms with Crippen molar-refractivity contribution in [3.05, 3.63) is 93.8 Å². The Kier molecular flexibility index (Phi) is 5.35. The van der Waals surface area contributed by atoms with Crippen LogP contribution < -0.4 is 5.56 Å². The molecule has 0 aliphatic heterocycles. The second-order valence-electron chi connectivity index (χ2n) is 8.32. The van der Waals surface area contributed by atoms with Gasteiger partial charge in [-0.2, -0.15) is 0 Å². The number of H-pyrrole nitrogens is 1. The van der Waals surface area contributed by atoms with Crippen LogP contribution in [0.3, 0.4) is 0 Å². The summed E-state index contributed by atoms with van der Waals surface area (Å²) in [6.45, 7) is 0.140. The number of furan rings is 1. The maximum atomic E-state index is 12.8. The minimum atomic E-state index is -1.17. The van der Waals surface area contributed by atoms with Crippen molar-refractivity contribution in [3.8, 4) is 11.1 Å². The number of aromatic nitrogens is 3. The van der Waals surface area contributed by atoms with Crippen LogP contribution in [0, 0.1) is 0 Å². The van der Waals surface area contributed by atoms with E-state index in [1.54, 1.807) is 40.8 Å². The van der Waals surface area contributed by atoms with Crippen LogP contribution in [-0.2, 0) is 6.54 Å². The van der Waals surface area contributed by atoms with Crippen LogP contribution in [0.2, 0.25) is 5.15 Å². The molecule has 4 heterocycles. The number of pyridine rings is 2. The van der Waals surface area contributed by atoms with Crippen molar-refractivity contribution >= 4 is 62.1 Å². The zero-order valence-corrected chi connectivity index (χ0v) is 20.5. The molecule has 9 heteroatoms. The van der Waals surface area contributed by atoms with E-state index in [4.69, 9.17) is 16.0 Å². The molecule has 0 unspecified atom stereocenters. The number of hydrogen-bond donors (Lipinski definition) is 2. The van der Waals surface area contributed by atoms with Gasteiger partial charge in [0, 0.05) is 33.0 Å². The van der Waals surface area contributed by atoms with Crippen molar-refractivity contribution in [3.63, 3.8) is 0 Å². The standard InChI is InChI=1S/C27H18ClN3O4S/c1-36-17-6-4-15-11-16(25(28)30-19(15)12-17)13-31-20-7-5-14-8-10-35-24(14)22(20)21(23(31)27(33)34)18-3-2-9-29-26(18)32/h2-12H,13H2,1H3,(H,29,32)(H,33,34). The third-order valence-corrected chi connectivity index (χ3v) is 7.37. The van der Waals surface area contributed by atoms with E-state index < -0.39 is 11.5 Å². The highest BCUT2D eigenvalue weighted by molar-refractivity contribution is 7.98. The molecule has 6 rings (SSSR count). The molecule has 0 fully saturated rings. The number of carbonyl (C=O) groups is 1. The molecule has 36 heavy (non-hydrogen) atoms. The largest absolute Gasteiger partial charge is 0.477 e. The first kappa shape index (κ1) is 22.5. The van der Waals surface area contributed by atoms with Crippen LogP contribution in [0.15, 0.2) is 81.2 Å². The summed E-state index contributed by atoms with van der Waals surface area (Å²) in [4.78, 5) is 33.8. The van der Waals surface area contributed by atoms with Gasteiger partial charge in [-0.25, -0.2) is 9.78 Å². The topological polar surface area (TPSA) is 101 Å². The smallest absolute Gasteiger partial charge is 0.353 e. The lowest BCUT2D eigenvalue weighted by atomic mass is 10.0. The lowest BCUT2D eigenvalue weighted by molar-refractivity contribution is 0.0687. The number of thioether (sulfide) groups is 1. The fourth-order valence-corrected chi connectivity index (χ4v) is 5.34. The van der Waals surface area contributed by atoms with Gasteiger partial charge < -0.3 is 19.1 Å². The molecule has 0 spiro atoms. The summed E-state index contributed by atoms with van der Waals surface area (Å²) in [6, 6.07) is 16.7. The number of carboxylic acid groups (broad SMARTS) is 1. The highest BCUT2D eigenvalue weighted by Crippen LogP contribution is 2.39. The Hall–Kier alpha value is -4.01. The Morgan fingerprint density at radius 3 is 2.78 bits per heavy atom. The number of benzene rings is 2. The van der Waals surface area contributed by atoms with Crippen molar-refractivity contribution in [1.29, 1.82) is 0 Å². The average Bonchev–Trinajstić information content (AvgIpc) is 3.47. The minimum Gasteiger partial charge on any atom is -0.477 e. The summed E-state index contributed by atoms with van der Waals surface area (Å²) < 4.78 is 7.43. The van der Waals surface area contributed by atoms with Crippen LogP contribution in [0.5, 0.6) is 0 Å². The summed E-state index contributed by atoms with van der Waals surface area (Å²) in [6.07, 6.45) is 5.05. The number of nitrogens with zero attached hydrogens (tertiary/aromatic N) is 2. The van der Waals surface area contributed by atoms with Gasteiger partial charge in [0.1, 0.15) is 16.4 Å². The van der Waals surface area contributed by atoms with Gasteiger partial charge in [-0.05, 0) is 54.8 Å². The predicted molar refractivity (Wildman–Crippen MR) is 142 cm³/mol. The number of rotatable bonds is 5. The third-order valence-electron chi connectivity index (χ3n) is 6.32. The summed E-state index contributed by atoms with van der Waals surface area (Å²) in [7, 11) is 0. The summed E-state index contributed by atoms with van der Waals surface area (Å²) in [5, 5.41) is 12.9. The Morgan fingerprint density at radius 2 is 2.00 bits per heavy atom. The van der Waals surface area contributed by atoms with Crippen molar-refractivity contribution in [2.45, 2.75) is 11.4 Å². The average molecular weight is 516 g/mol. The normalized spacial score (nSPS) is 11.6. The predicted octanol–water partition coefficient (Wildman–Crippen LogP) is 6.41. The van der Waals surface area contributed by atoms with Gasteiger partial charge in [0.05, 0.1) is 34.8 Å². The molecule has 0 saturated heterocycles. The Balaban J connectivity index is 1.66.